The zero-order valence-electron chi connectivity index (χ0n) is 26.8. The summed E-state index contributed by atoms with van der Waals surface area (Å²) in [5.41, 5.74) is 2.35. The topological polar surface area (TPSA) is 108 Å². The monoisotopic (exact) mass is 642 g/mol. The first kappa shape index (κ1) is 33.4. The molecule has 0 fully saturated rings. The van der Waals surface area contributed by atoms with Gasteiger partial charge in [0.1, 0.15) is 17.6 Å². The molecule has 4 aromatic carbocycles. The summed E-state index contributed by atoms with van der Waals surface area (Å²) in [6.45, 7) is 4.48. The standard InChI is InChI=1S/C39H35FN4O4/c1-3-5-22-44-33-21-20-30(40)23-31(33)35(38(44)46)36(37(45)28-16-10-7-11-17-28)42-32-18-12-13-19-34(32)43(25-27-14-8-6-9-15-27)26-29(24-41)39(47)48-4-2/h6-21,23,26,46H,3-5,22,25H2,1-2H3/b29-26+,42-36?. The van der Waals surface area contributed by atoms with Crippen molar-refractivity contribution >= 4 is 39.7 Å². The third-order valence-electron chi connectivity index (χ3n) is 7.74. The van der Waals surface area contributed by atoms with E-state index in [1.54, 1.807) is 77.1 Å². The van der Waals surface area contributed by atoms with Gasteiger partial charge < -0.3 is 19.3 Å². The van der Waals surface area contributed by atoms with Crippen LogP contribution >= 0.6 is 0 Å². The highest BCUT2D eigenvalue weighted by Crippen LogP contribution is 2.37. The summed E-state index contributed by atoms with van der Waals surface area (Å²) in [5.74, 6) is -1.97. The molecule has 5 rings (SSSR count). The molecule has 1 N–H and O–H groups in total. The molecule has 0 radical (unpaired) electrons. The SMILES string of the molecule is CCCCn1c(O)c(C(=Nc2ccccc2N(/C=C(\C#N)C(=O)OCC)Cc2ccccc2)C(=O)c2ccccc2)c2cc(F)ccc21. The number of hydrogen-bond donors (Lipinski definition) is 1. The van der Waals surface area contributed by atoms with Gasteiger partial charge >= 0.3 is 5.97 Å². The number of anilines is 1. The number of aromatic nitrogens is 1. The number of hydrogen-bond acceptors (Lipinski definition) is 7. The van der Waals surface area contributed by atoms with Gasteiger partial charge in [-0.1, -0.05) is 86.1 Å². The summed E-state index contributed by atoms with van der Waals surface area (Å²) in [5, 5.41) is 21.9. The molecular formula is C39H35FN4O4. The van der Waals surface area contributed by atoms with E-state index in [-0.39, 0.29) is 35.9 Å². The first-order valence-electron chi connectivity index (χ1n) is 15.7. The number of aromatic hydroxyl groups is 1. The molecule has 0 spiro atoms. The Morgan fingerprint density at radius 1 is 0.979 bits per heavy atom. The highest BCUT2D eigenvalue weighted by molar-refractivity contribution is 6.54. The maximum Gasteiger partial charge on any atom is 0.350 e. The smallest absolute Gasteiger partial charge is 0.350 e. The predicted octanol–water partition coefficient (Wildman–Crippen LogP) is 8.27. The number of nitrogens with zero attached hydrogens (tertiary/aromatic N) is 4. The summed E-state index contributed by atoms with van der Waals surface area (Å²) in [7, 11) is 0. The molecule has 0 saturated carbocycles. The molecule has 0 bridgehead atoms. The van der Waals surface area contributed by atoms with Crippen LogP contribution in [0.4, 0.5) is 15.8 Å². The molecule has 0 aliphatic rings. The zero-order chi connectivity index (χ0) is 34.0. The van der Waals surface area contributed by atoms with Gasteiger partial charge in [-0.05, 0) is 49.2 Å². The average molecular weight is 643 g/mol. The summed E-state index contributed by atoms with van der Waals surface area (Å²) in [6.07, 6.45) is 3.01. The minimum atomic E-state index is -0.772. The number of ether oxygens (including phenoxy) is 1. The van der Waals surface area contributed by atoms with E-state index in [0.717, 1.165) is 18.4 Å². The number of esters is 1. The highest BCUT2D eigenvalue weighted by atomic mass is 19.1. The Hall–Kier alpha value is -6.01. The van der Waals surface area contributed by atoms with Crippen LogP contribution in [0.1, 0.15) is 48.2 Å². The van der Waals surface area contributed by atoms with Crippen LogP contribution in [-0.2, 0) is 22.6 Å². The molecule has 0 aliphatic carbocycles. The number of rotatable bonds is 13. The fourth-order valence-electron chi connectivity index (χ4n) is 5.43. The molecule has 1 heterocycles. The van der Waals surface area contributed by atoms with Gasteiger partial charge in [0.15, 0.2) is 5.57 Å². The second-order valence-electron chi connectivity index (χ2n) is 11.0. The first-order valence-corrected chi connectivity index (χ1v) is 15.7. The largest absolute Gasteiger partial charge is 0.494 e. The quantitative estimate of drug-likeness (QED) is 0.0455. The van der Waals surface area contributed by atoms with E-state index in [0.29, 0.717) is 34.4 Å². The fraction of sp³-hybridized carbons (Fsp3) is 0.179. The zero-order valence-corrected chi connectivity index (χ0v) is 26.8. The molecule has 8 nitrogen and oxygen atoms in total. The van der Waals surface area contributed by atoms with E-state index in [2.05, 4.69) is 0 Å². The molecule has 5 aromatic rings. The van der Waals surface area contributed by atoms with Crippen LogP contribution in [0, 0.1) is 17.1 Å². The molecule has 242 valence electrons. The van der Waals surface area contributed by atoms with E-state index in [4.69, 9.17) is 9.73 Å². The van der Waals surface area contributed by atoms with Crippen molar-refractivity contribution in [3.63, 3.8) is 0 Å². The van der Waals surface area contributed by atoms with Gasteiger partial charge in [0.2, 0.25) is 11.7 Å². The van der Waals surface area contributed by atoms with Crippen LogP contribution in [0.25, 0.3) is 10.9 Å². The van der Waals surface area contributed by atoms with Crippen molar-refractivity contribution in [2.45, 2.75) is 39.8 Å². The lowest BCUT2D eigenvalue weighted by molar-refractivity contribution is -0.138. The van der Waals surface area contributed by atoms with Crippen LogP contribution in [0.15, 0.2) is 120 Å². The van der Waals surface area contributed by atoms with Crippen molar-refractivity contribution in [1.29, 1.82) is 5.26 Å². The lowest BCUT2D eigenvalue weighted by Crippen LogP contribution is -2.20. The van der Waals surface area contributed by atoms with Gasteiger partial charge in [0, 0.05) is 30.2 Å². The number of para-hydroxylation sites is 2. The third kappa shape index (κ3) is 7.34. The predicted molar refractivity (Wildman–Crippen MR) is 185 cm³/mol. The number of aryl methyl sites for hydroxylation is 1. The molecule has 0 saturated heterocycles. The molecule has 1 aromatic heterocycles. The van der Waals surface area contributed by atoms with Gasteiger partial charge in [-0.25, -0.2) is 14.2 Å². The molecule has 0 unspecified atom stereocenters. The average Bonchev–Trinajstić information content (AvgIpc) is 3.38. The second kappa shape index (κ2) is 15.5. The molecule has 48 heavy (non-hydrogen) atoms. The Kier molecular flexibility index (Phi) is 10.8. The molecule has 0 aliphatic heterocycles. The summed E-state index contributed by atoms with van der Waals surface area (Å²) in [4.78, 5) is 33.6. The number of halogens is 1. The lowest BCUT2D eigenvalue weighted by atomic mass is 9.99. The number of Topliss-reactive ketones (excluding diaryl/α,β-unsaturated/α-hetero) is 1. The van der Waals surface area contributed by atoms with E-state index in [1.807, 2.05) is 43.3 Å². The number of carbonyl (C=O) groups is 2. The van der Waals surface area contributed by atoms with Crippen molar-refractivity contribution in [3.8, 4) is 11.9 Å². The number of fused-ring (bicyclic) bond motifs is 1. The van der Waals surface area contributed by atoms with E-state index in [9.17, 15) is 24.3 Å². The van der Waals surface area contributed by atoms with Gasteiger partial charge in [-0.3, -0.25) is 4.79 Å². The Morgan fingerprint density at radius 2 is 1.67 bits per heavy atom. The van der Waals surface area contributed by atoms with E-state index < -0.39 is 17.6 Å². The number of aliphatic imine (C=N–C) groups is 1. The van der Waals surface area contributed by atoms with Crippen molar-refractivity contribution in [2.24, 2.45) is 4.99 Å². The van der Waals surface area contributed by atoms with Gasteiger partial charge in [-0.2, -0.15) is 5.26 Å². The van der Waals surface area contributed by atoms with E-state index >= 15 is 0 Å². The van der Waals surface area contributed by atoms with Crippen LogP contribution in [-0.4, -0.2) is 33.7 Å². The first-order chi connectivity index (χ1) is 23.4. The normalized spacial score (nSPS) is 11.7. The molecule has 0 atom stereocenters. The van der Waals surface area contributed by atoms with Crippen LogP contribution in [0.2, 0.25) is 0 Å². The highest BCUT2D eigenvalue weighted by Gasteiger charge is 2.28. The van der Waals surface area contributed by atoms with Gasteiger partial charge in [0.05, 0.1) is 29.1 Å². The number of benzene rings is 4. The Morgan fingerprint density at radius 3 is 2.35 bits per heavy atom. The Labute approximate surface area is 278 Å². The van der Waals surface area contributed by atoms with Crippen LogP contribution in [0.3, 0.4) is 0 Å². The second-order valence-corrected chi connectivity index (χ2v) is 11.0. The number of unbranched alkanes of at least 4 members (excludes halogenated alkanes) is 1. The van der Waals surface area contributed by atoms with Crippen molar-refractivity contribution in [3.05, 3.63) is 137 Å². The van der Waals surface area contributed by atoms with Gasteiger partial charge in [0.25, 0.3) is 0 Å². The summed E-state index contributed by atoms with van der Waals surface area (Å²) >= 11 is 0. The van der Waals surface area contributed by atoms with E-state index in [1.165, 1.54) is 18.3 Å². The maximum absolute atomic E-state index is 14.8. The fourth-order valence-corrected chi connectivity index (χ4v) is 5.43. The van der Waals surface area contributed by atoms with Crippen LogP contribution < -0.4 is 4.90 Å². The Bertz CT molecular complexity index is 2030. The lowest BCUT2D eigenvalue weighted by Gasteiger charge is -2.23. The molecule has 9 heteroatoms. The summed E-state index contributed by atoms with van der Waals surface area (Å²) < 4.78 is 21.6. The number of ketones is 1. The number of carbonyl (C=O) groups excluding carboxylic acids is 2. The maximum atomic E-state index is 14.8. The minimum Gasteiger partial charge on any atom is -0.494 e. The van der Waals surface area contributed by atoms with Crippen molar-refractivity contribution in [1.82, 2.24) is 4.57 Å². The van der Waals surface area contributed by atoms with Crippen molar-refractivity contribution < 1.29 is 23.8 Å². The Balaban J connectivity index is 1.77. The third-order valence-corrected chi connectivity index (χ3v) is 7.74. The number of nitriles is 1. The van der Waals surface area contributed by atoms with Crippen molar-refractivity contribution in [2.75, 3.05) is 11.5 Å². The summed E-state index contributed by atoms with van der Waals surface area (Å²) in [6, 6.07) is 31.1. The van der Waals surface area contributed by atoms with Crippen LogP contribution in [0.5, 0.6) is 5.88 Å². The molecular weight excluding hydrogens is 607 g/mol. The molecule has 0 amide bonds. The van der Waals surface area contributed by atoms with Gasteiger partial charge in [-0.15, -0.1) is 0 Å². The minimum absolute atomic E-state index is 0.0912.